The van der Waals surface area contributed by atoms with Gasteiger partial charge in [-0.05, 0) is 40.5 Å². The van der Waals surface area contributed by atoms with Crippen molar-refractivity contribution >= 4 is 37.4 Å². The Balaban J connectivity index is 3.10. The second-order valence-electron chi connectivity index (χ2n) is 3.12. The Morgan fingerprint density at radius 2 is 2.12 bits per heavy atom. The maximum atomic E-state index is 11.8. The first-order valence-electron chi connectivity index (χ1n) is 4.49. The standard InChI is InChI=1S/C10H9BrClNO2S/c11-9-6-8(7-13)2-3-10(9)16(14,15)5-1-4-12/h2-3,6H,1,4-5H2. The lowest BCUT2D eigenvalue weighted by Crippen LogP contribution is -2.08. The molecule has 0 N–H and O–H groups in total. The summed E-state index contributed by atoms with van der Waals surface area (Å²) < 4.78 is 24.1. The van der Waals surface area contributed by atoms with Gasteiger partial charge in [-0.3, -0.25) is 0 Å². The van der Waals surface area contributed by atoms with E-state index < -0.39 is 9.84 Å². The lowest BCUT2D eigenvalue weighted by atomic mass is 10.2. The van der Waals surface area contributed by atoms with Crippen molar-refractivity contribution < 1.29 is 8.42 Å². The quantitative estimate of drug-likeness (QED) is 0.801. The third-order valence-electron chi connectivity index (χ3n) is 1.94. The molecule has 0 atom stereocenters. The molecule has 0 spiro atoms. The summed E-state index contributed by atoms with van der Waals surface area (Å²) in [6, 6.07) is 6.36. The van der Waals surface area contributed by atoms with Crippen molar-refractivity contribution in [3.8, 4) is 6.07 Å². The molecule has 0 saturated heterocycles. The second-order valence-corrected chi connectivity index (χ2v) is 6.43. The van der Waals surface area contributed by atoms with Crippen LogP contribution >= 0.6 is 27.5 Å². The highest BCUT2D eigenvalue weighted by molar-refractivity contribution is 9.10. The van der Waals surface area contributed by atoms with E-state index in [9.17, 15) is 8.42 Å². The molecule has 3 nitrogen and oxygen atoms in total. The number of nitriles is 1. The fourth-order valence-electron chi connectivity index (χ4n) is 1.18. The van der Waals surface area contributed by atoms with E-state index in [0.29, 0.717) is 22.3 Å². The van der Waals surface area contributed by atoms with E-state index in [1.165, 1.54) is 18.2 Å². The molecule has 0 unspecified atom stereocenters. The minimum Gasteiger partial charge on any atom is -0.224 e. The van der Waals surface area contributed by atoms with Gasteiger partial charge in [-0.2, -0.15) is 5.26 Å². The van der Waals surface area contributed by atoms with Gasteiger partial charge in [0.2, 0.25) is 0 Å². The largest absolute Gasteiger partial charge is 0.224 e. The van der Waals surface area contributed by atoms with Crippen LogP contribution in [-0.4, -0.2) is 20.1 Å². The molecule has 0 aromatic heterocycles. The Labute approximate surface area is 108 Å². The number of halogens is 2. The first-order chi connectivity index (χ1) is 7.51. The fourth-order valence-corrected chi connectivity index (χ4v) is 3.96. The summed E-state index contributed by atoms with van der Waals surface area (Å²) in [6.45, 7) is 0. The van der Waals surface area contributed by atoms with Crippen molar-refractivity contribution in [3.63, 3.8) is 0 Å². The number of hydrogen-bond donors (Lipinski definition) is 0. The lowest BCUT2D eigenvalue weighted by Gasteiger charge is -2.05. The summed E-state index contributed by atoms with van der Waals surface area (Å²) in [5.74, 6) is 0.328. The fraction of sp³-hybridized carbons (Fsp3) is 0.300. The maximum Gasteiger partial charge on any atom is 0.179 e. The zero-order valence-electron chi connectivity index (χ0n) is 8.28. The summed E-state index contributed by atoms with van der Waals surface area (Å²) >= 11 is 8.62. The number of hydrogen-bond acceptors (Lipinski definition) is 3. The van der Waals surface area contributed by atoms with Gasteiger partial charge >= 0.3 is 0 Å². The first-order valence-corrected chi connectivity index (χ1v) is 7.47. The Morgan fingerprint density at radius 3 is 2.62 bits per heavy atom. The van der Waals surface area contributed by atoms with Crippen molar-refractivity contribution in [3.05, 3.63) is 28.2 Å². The smallest absolute Gasteiger partial charge is 0.179 e. The van der Waals surface area contributed by atoms with Crippen molar-refractivity contribution in [1.82, 2.24) is 0 Å². The molecule has 0 heterocycles. The van der Waals surface area contributed by atoms with Gasteiger partial charge in [-0.25, -0.2) is 8.42 Å². The summed E-state index contributed by atoms with van der Waals surface area (Å²) in [6.07, 6.45) is 0.413. The Morgan fingerprint density at radius 1 is 1.44 bits per heavy atom. The van der Waals surface area contributed by atoms with Gasteiger partial charge in [0.05, 0.1) is 22.3 Å². The number of sulfone groups is 1. The van der Waals surface area contributed by atoms with Crippen LogP contribution in [0.1, 0.15) is 12.0 Å². The molecule has 1 aromatic carbocycles. The molecule has 1 aromatic rings. The van der Waals surface area contributed by atoms with Crippen LogP contribution in [-0.2, 0) is 9.84 Å². The first kappa shape index (κ1) is 13.5. The lowest BCUT2D eigenvalue weighted by molar-refractivity contribution is 0.594. The third kappa shape index (κ3) is 3.21. The topological polar surface area (TPSA) is 57.9 Å². The average Bonchev–Trinajstić information content (AvgIpc) is 2.25. The van der Waals surface area contributed by atoms with Crippen LogP contribution < -0.4 is 0 Å². The third-order valence-corrected chi connectivity index (χ3v) is 4.98. The Hall–Kier alpha value is -0.570. The van der Waals surface area contributed by atoms with Crippen molar-refractivity contribution in [2.24, 2.45) is 0 Å². The molecule has 16 heavy (non-hydrogen) atoms. The Bertz CT molecular complexity index is 522. The van der Waals surface area contributed by atoms with Crippen LogP contribution in [0.25, 0.3) is 0 Å². The molecule has 0 bridgehead atoms. The molecule has 0 aliphatic rings. The van der Waals surface area contributed by atoms with Crippen LogP contribution in [0.5, 0.6) is 0 Å². The van der Waals surface area contributed by atoms with E-state index in [1.807, 2.05) is 6.07 Å². The van der Waals surface area contributed by atoms with Crippen LogP contribution in [0.15, 0.2) is 27.6 Å². The van der Waals surface area contributed by atoms with E-state index in [1.54, 1.807) is 0 Å². The van der Waals surface area contributed by atoms with Gasteiger partial charge in [-0.1, -0.05) is 0 Å². The zero-order valence-corrected chi connectivity index (χ0v) is 11.4. The number of benzene rings is 1. The molecule has 0 aliphatic carbocycles. The summed E-state index contributed by atoms with van der Waals surface area (Å²) in [5.41, 5.74) is 0.420. The van der Waals surface area contributed by atoms with Gasteiger partial charge in [0.1, 0.15) is 0 Å². The van der Waals surface area contributed by atoms with Crippen LogP contribution in [0, 0.1) is 11.3 Å². The van der Waals surface area contributed by atoms with Gasteiger partial charge < -0.3 is 0 Å². The summed E-state index contributed by atoms with van der Waals surface area (Å²) in [7, 11) is -3.32. The van der Waals surface area contributed by atoms with Crippen molar-refractivity contribution in [1.29, 1.82) is 5.26 Å². The van der Waals surface area contributed by atoms with E-state index in [0.717, 1.165) is 0 Å². The summed E-state index contributed by atoms with van der Waals surface area (Å²) in [5, 5.41) is 8.66. The number of rotatable bonds is 4. The van der Waals surface area contributed by atoms with Gasteiger partial charge in [0.15, 0.2) is 9.84 Å². The molecule has 0 amide bonds. The SMILES string of the molecule is N#Cc1ccc(S(=O)(=O)CCCCl)c(Br)c1. The molecule has 0 fully saturated rings. The molecule has 0 saturated carbocycles. The van der Waals surface area contributed by atoms with E-state index >= 15 is 0 Å². The molecule has 0 radical (unpaired) electrons. The minimum absolute atomic E-state index is 0.0149. The average molecular weight is 323 g/mol. The van der Waals surface area contributed by atoms with E-state index in [-0.39, 0.29) is 10.6 Å². The van der Waals surface area contributed by atoms with Crippen LogP contribution in [0.4, 0.5) is 0 Å². The normalized spacial score (nSPS) is 11.1. The highest BCUT2D eigenvalue weighted by Gasteiger charge is 2.17. The predicted octanol–water partition coefficient (Wildman–Crippen LogP) is 2.72. The second kappa shape index (κ2) is 5.67. The van der Waals surface area contributed by atoms with Gasteiger partial charge in [-0.15, -0.1) is 11.6 Å². The molecule has 1 rings (SSSR count). The maximum absolute atomic E-state index is 11.8. The molecular formula is C10H9BrClNO2S. The van der Waals surface area contributed by atoms with Gasteiger partial charge in [0.25, 0.3) is 0 Å². The molecule has 86 valence electrons. The van der Waals surface area contributed by atoms with E-state index in [4.69, 9.17) is 16.9 Å². The molecule has 0 aliphatic heterocycles. The highest BCUT2D eigenvalue weighted by Crippen LogP contribution is 2.24. The van der Waals surface area contributed by atoms with Crippen molar-refractivity contribution in [2.75, 3.05) is 11.6 Å². The minimum atomic E-state index is -3.32. The Kier molecular flexibility index (Phi) is 4.78. The summed E-state index contributed by atoms with van der Waals surface area (Å²) in [4.78, 5) is 0.205. The monoisotopic (exact) mass is 321 g/mol. The number of nitrogens with zero attached hydrogens (tertiary/aromatic N) is 1. The van der Waals surface area contributed by atoms with Crippen LogP contribution in [0.3, 0.4) is 0 Å². The predicted molar refractivity (Wildman–Crippen MR) is 66.2 cm³/mol. The molecular weight excluding hydrogens is 314 g/mol. The highest BCUT2D eigenvalue weighted by atomic mass is 79.9. The van der Waals surface area contributed by atoms with E-state index in [2.05, 4.69) is 15.9 Å². The zero-order chi connectivity index (χ0) is 12.2. The molecule has 6 heteroatoms. The van der Waals surface area contributed by atoms with Crippen LogP contribution in [0.2, 0.25) is 0 Å². The van der Waals surface area contributed by atoms with Crippen molar-refractivity contribution in [2.45, 2.75) is 11.3 Å². The number of alkyl halides is 1. The van der Waals surface area contributed by atoms with Gasteiger partial charge in [0, 0.05) is 10.4 Å².